The molecule has 0 bridgehead atoms. The van der Waals surface area contributed by atoms with E-state index in [1.165, 1.54) is 0 Å². The van der Waals surface area contributed by atoms with Gasteiger partial charge in [0.1, 0.15) is 5.75 Å². The lowest BCUT2D eigenvalue weighted by Gasteiger charge is -2.17. The summed E-state index contributed by atoms with van der Waals surface area (Å²) < 4.78 is 5.67. The predicted octanol–water partition coefficient (Wildman–Crippen LogP) is 3.67. The van der Waals surface area contributed by atoms with E-state index in [-0.39, 0.29) is 12.3 Å². The Morgan fingerprint density at radius 1 is 1.33 bits per heavy atom. The smallest absolute Gasteiger partial charge is 0.303 e. The Labute approximate surface area is 109 Å². The van der Waals surface area contributed by atoms with Crippen LogP contribution in [0.1, 0.15) is 49.3 Å². The van der Waals surface area contributed by atoms with Crippen molar-refractivity contribution in [1.82, 2.24) is 0 Å². The first-order valence-corrected chi connectivity index (χ1v) is 6.42. The minimum absolute atomic E-state index is 0.0291. The first-order chi connectivity index (χ1) is 8.47. The monoisotopic (exact) mass is 250 g/mol. The van der Waals surface area contributed by atoms with E-state index >= 15 is 0 Å². The molecular weight excluding hydrogens is 228 g/mol. The van der Waals surface area contributed by atoms with Gasteiger partial charge in [-0.2, -0.15) is 0 Å². The third-order valence-electron chi connectivity index (χ3n) is 3.25. The van der Waals surface area contributed by atoms with Crippen LogP contribution in [0.3, 0.4) is 0 Å². The summed E-state index contributed by atoms with van der Waals surface area (Å²) in [6.07, 6.45) is 1.14. The maximum absolute atomic E-state index is 10.8. The van der Waals surface area contributed by atoms with Crippen molar-refractivity contribution >= 4 is 5.97 Å². The van der Waals surface area contributed by atoms with E-state index in [1.54, 1.807) is 0 Å². The molecule has 0 aromatic heterocycles. The number of carbonyl (C=O) groups is 1. The molecule has 0 heterocycles. The Bertz CT molecular complexity index is 424. The highest BCUT2D eigenvalue weighted by molar-refractivity contribution is 5.68. The van der Waals surface area contributed by atoms with Crippen LogP contribution in [0, 0.1) is 13.8 Å². The zero-order chi connectivity index (χ0) is 13.7. The number of rotatable bonds is 6. The molecule has 0 spiro atoms. The van der Waals surface area contributed by atoms with Gasteiger partial charge in [-0.3, -0.25) is 4.79 Å². The predicted molar refractivity (Wildman–Crippen MR) is 72.4 cm³/mol. The van der Waals surface area contributed by atoms with Crippen molar-refractivity contribution in [2.45, 2.75) is 46.5 Å². The molecule has 1 aromatic rings. The highest BCUT2D eigenvalue weighted by Gasteiger charge is 2.15. The zero-order valence-corrected chi connectivity index (χ0v) is 11.6. The minimum atomic E-state index is -0.758. The third kappa shape index (κ3) is 3.49. The Kier molecular flexibility index (Phi) is 5.20. The number of hydrogen-bond donors (Lipinski definition) is 1. The SMILES string of the molecule is CCCOc1ccc(C(C)CC(=O)O)c(C)c1C. The molecule has 18 heavy (non-hydrogen) atoms. The van der Waals surface area contributed by atoms with E-state index in [0.717, 1.165) is 28.9 Å². The van der Waals surface area contributed by atoms with Gasteiger partial charge in [-0.1, -0.05) is 19.9 Å². The first kappa shape index (κ1) is 14.6. The van der Waals surface area contributed by atoms with Crippen LogP contribution in [-0.2, 0) is 4.79 Å². The van der Waals surface area contributed by atoms with Crippen LogP contribution in [0.5, 0.6) is 5.75 Å². The van der Waals surface area contributed by atoms with Crippen molar-refractivity contribution in [3.63, 3.8) is 0 Å². The van der Waals surface area contributed by atoms with Crippen molar-refractivity contribution < 1.29 is 14.6 Å². The van der Waals surface area contributed by atoms with E-state index in [0.29, 0.717) is 6.61 Å². The van der Waals surface area contributed by atoms with Crippen molar-refractivity contribution in [2.75, 3.05) is 6.61 Å². The topological polar surface area (TPSA) is 46.5 Å². The fourth-order valence-electron chi connectivity index (χ4n) is 2.09. The molecule has 0 aliphatic carbocycles. The van der Waals surface area contributed by atoms with Crippen LogP contribution in [0.4, 0.5) is 0 Å². The highest BCUT2D eigenvalue weighted by Crippen LogP contribution is 2.30. The lowest BCUT2D eigenvalue weighted by Crippen LogP contribution is -2.06. The Morgan fingerprint density at radius 2 is 2.00 bits per heavy atom. The fraction of sp³-hybridized carbons (Fsp3) is 0.533. The zero-order valence-electron chi connectivity index (χ0n) is 11.6. The summed E-state index contributed by atoms with van der Waals surface area (Å²) in [5, 5.41) is 8.85. The molecule has 3 heteroatoms. The summed E-state index contributed by atoms with van der Waals surface area (Å²) >= 11 is 0. The van der Waals surface area contributed by atoms with Crippen LogP contribution in [-0.4, -0.2) is 17.7 Å². The summed E-state index contributed by atoms with van der Waals surface area (Å²) in [4.78, 5) is 10.8. The van der Waals surface area contributed by atoms with Crippen LogP contribution < -0.4 is 4.74 Å². The first-order valence-electron chi connectivity index (χ1n) is 6.42. The number of aliphatic carboxylic acids is 1. The van der Waals surface area contributed by atoms with Crippen LogP contribution in [0.2, 0.25) is 0 Å². The molecule has 1 unspecified atom stereocenters. The maximum atomic E-state index is 10.8. The van der Waals surface area contributed by atoms with Gasteiger partial charge in [0.25, 0.3) is 0 Å². The van der Waals surface area contributed by atoms with Gasteiger partial charge in [0, 0.05) is 0 Å². The van der Waals surface area contributed by atoms with Gasteiger partial charge in [-0.15, -0.1) is 0 Å². The van der Waals surface area contributed by atoms with E-state index in [4.69, 9.17) is 9.84 Å². The number of benzene rings is 1. The Balaban J connectivity index is 2.96. The Hall–Kier alpha value is -1.51. The van der Waals surface area contributed by atoms with Gasteiger partial charge in [-0.05, 0) is 48.9 Å². The van der Waals surface area contributed by atoms with E-state index in [2.05, 4.69) is 6.92 Å². The van der Waals surface area contributed by atoms with Gasteiger partial charge in [0.2, 0.25) is 0 Å². The number of ether oxygens (including phenoxy) is 1. The second-order valence-electron chi connectivity index (χ2n) is 4.75. The highest BCUT2D eigenvalue weighted by atomic mass is 16.5. The van der Waals surface area contributed by atoms with E-state index in [9.17, 15) is 4.79 Å². The van der Waals surface area contributed by atoms with E-state index < -0.39 is 5.97 Å². The van der Waals surface area contributed by atoms with Crippen molar-refractivity contribution in [1.29, 1.82) is 0 Å². The van der Waals surface area contributed by atoms with Crippen molar-refractivity contribution in [3.8, 4) is 5.75 Å². The summed E-state index contributed by atoms with van der Waals surface area (Å²) in [6, 6.07) is 3.94. The maximum Gasteiger partial charge on any atom is 0.303 e. The molecule has 100 valence electrons. The summed E-state index contributed by atoms with van der Waals surface area (Å²) in [7, 11) is 0. The normalized spacial score (nSPS) is 12.2. The number of carboxylic acids is 1. The molecule has 0 aliphatic rings. The third-order valence-corrected chi connectivity index (χ3v) is 3.25. The average molecular weight is 250 g/mol. The molecule has 1 atom stereocenters. The number of carboxylic acid groups (broad SMARTS) is 1. The molecule has 0 fully saturated rings. The summed E-state index contributed by atoms with van der Waals surface area (Å²) in [5.74, 6) is 0.174. The van der Waals surface area contributed by atoms with Gasteiger partial charge in [-0.25, -0.2) is 0 Å². The summed E-state index contributed by atoms with van der Waals surface area (Å²) in [5.41, 5.74) is 3.34. The van der Waals surface area contributed by atoms with Crippen LogP contribution >= 0.6 is 0 Å². The minimum Gasteiger partial charge on any atom is -0.493 e. The van der Waals surface area contributed by atoms with Crippen molar-refractivity contribution in [3.05, 3.63) is 28.8 Å². The molecule has 0 radical (unpaired) electrons. The van der Waals surface area contributed by atoms with Crippen LogP contribution in [0.25, 0.3) is 0 Å². The Morgan fingerprint density at radius 3 is 2.56 bits per heavy atom. The lowest BCUT2D eigenvalue weighted by atomic mass is 9.91. The molecule has 0 aliphatic heterocycles. The average Bonchev–Trinajstić information content (AvgIpc) is 2.30. The number of hydrogen-bond acceptors (Lipinski definition) is 2. The summed E-state index contributed by atoms with van der Waals surface area (Å²) in [6.45, 7) is 8.79. The molecule has 3 nitrogen and oxygen atoms in total. The molecule has 0 saturated carbocycles. The molecular formula is C15H22O3. The standard InChI is InChI=1S/C15H22O3/c1-5-8-18-14-7-6-13(11(3)12(14)4)10(2)9-15(16)17/h6-7,10H,5,8-9H2,1-4H3,(H,16,17). The largest absolute Gasteiger partial charge is 0.493 e. The molecule has 0 saturated heterocycles. The van der Waals surface area contributed by atoms with Gasteiger partial charge >= 0.3 is 5.97 Å². The van der Waals surface area contributed by atoms with Crippen molar-refractivity contribution in [2.24, 2.45) is 0 Å². The molecule has 0 amide bonds. The second-order valence-corrected chi connectivity index (χ2v) is 4.75. The molecule has 1 N–H and O–H groups in total. The van der Waals surface area contributed by atoms with Crippen LogP contribution in [0.15, 0.2) is 12.1 Å². The lowest BCUT2D eigenvalue weighted by molar-refractivity contribution is -0.137. The molecule has 1 rings (SSSR count). The van der Waals surface area contributed by atoms with Gasteiger partial charge in [0.05, 0.1) is 13.0 Å². The quantitative estimate of drug-likeness (QED) is 0.838. The van der Waals surface area contributed by atoms with Gasteiger partial charge in [0.15, 0.2) is 0 Å². The fourth-order valence-corrected chi connectivity index (χ4v) is 2.09. The van der Waals surface area contributed by atoms with Gasteiger partial charge < -0.3 is 9.84 Å². The molecule has 1 aromatic carbocycles. The van der Waals surface area contributed by atoms with E-state index in [1.807, 2.05) is 32.9 Å². The second kappa shape index (κ2) is 6.43.